The summed E-state index contributed by atoms with van der Waals surface area (Å²) < 4.78 is 32.5. The molecule has 21 heavy (non-hydrogen) atoms. The van der Waals surface area contributed by atoms with E-state index in [0.717, 1.165) is 32.7 Å². The normalized spacial score (nSPS) is 28.5. The zero-order valence-corrected chi connectivity index (χ0v) is 13.0. The van der Waals surface area contributed by atoms with Crippen LogP contribution in [0.2, 0.25) is 0 Å². The molecule has 3 saturated heterocycles. The number of rotatable bonds is 5. The number of hydrogen-bond acceptors (Lipinski definition) is 5. The Labute approximate surface area is 125 Å². The van der Waals surface area contributed by atoms with Gasteiger partial charge in [-0.05, 0) is 12.1 Å². The van der Waals surface area contributed by atoms with Gasteiger partial charge in [0, 0.05) is 51.4 Å². The van der Waals surface area contributed by atoms with Crippen molar-refractivity contribution in [3.8, 4) is 5.75 Å². The third-order valence-electron chi connectivity index (χ3n) is 4.25. The van der Waals surface area contributed by atoms with Crippen molar-refractivity contribution >= 4 is 10.0 Å². The quantitative estimate of drug-likeness (QED) is 0.828. The van der Waals surface area contributed by atoms with Gasteiger partial charge in [0.15, 0.2) is 0 Å². The molecule has 0 spiro atoms. The van der Waals surface area contributed by atoms with Crippen molar-refractivity contribution in [1.29, 1.82) is 0 Å². The molecule has 1 aromatic carbocycles. The predicted octanol–water partition coefficient (Wildman–Crippen LogP) is -0.0267. The van der Waals surface area contributed by atoms with Gasteiger partial charge in [-0.1, -0.05) is 6.07 Å². The third-order valence-corrected chi connectivity index (χ3v) is 5.67. The van der Waals surface area contributed by atoms with E-state index in [1.807, 2.05) is 0 Å². The first kappa shape index (κ1) is 14.8. The maximum atomic E-state index is 12.4. The summed E-state index contributed by atoms with van der Waals surface area (Å²) in [6, 6.07) is 6.82. The largest absolute Gasteiger partial charge is 0.497 e. The summed E-state index contributed by atoms with van der Waals surface area (Å²) in [6.45, 7) is 5.66. The number of piperazine rings is 3. The molecule has 3 heterocycles. The highest BCUT2D eigenvalue weighted by molar-refractivity contribution is 7.89. The van der Waals surface area contributed by atoms with Crippen molar-refractivity contribution in [2.75, 3.05) is 46.4 Å². The number of hydrogen-bond donors (Lipinski definition) is 1. The van der Waals surface area contributed by atoms with E-state index in [2.05, 4.69) is 14.5 Å². The van der Waals surface area contributed by atoms with Crippen LogP contribution in [0.1, 0.15) is 0 Å². The summed E-state index contributed by atoms with van der Waals surface area (Å²) in [5, 5.41) is 0. The molecule has 1 unspecified atom stereocenters. The Balaban J connectivity index is 1.66. The molecule has 3 aliphatic rings. The highest BCUT2D eigenvalue weighted by atomic mass is 32.2. The Morgan fingerprint density at radius 1 is 1.29 bits per heavy atom. The van der Waals surface area contributed by atoms with Crippen LogP contribution in [0.5, 0.6) is 5.75 Å². The predicted molar refractivity (Wildman–Crippen MR) is 80.0 cm³/mol. The lowest BCUT2D eigenvalue weighted by Gasteiger charge is -2.47. The van der Waals surface area contributed by atoms with Gasteiger partial charge in [0.1, 0.15) is 5.75 Å². The van der Waals surface area contributed by atoms with Crippen LogP contribution in [0.3, 0.4) is 0 Å². The molecule has 7 heteroatoms. The lowest BCUT2D eigenvalue weighted by molar-refractivity contribution is 0.0158. The molecule has 4 rings (SSSR count). The number of ether oxygens (including phenoxy) is 1. The van der Waals surface area contributed by atoms with E-state index in [0.29, 0.717) is 12.3 Å². The summed E-state index contributed by atoms with van der Waals surface area (Å²) in [7, 11) is -1.96. The van der Waals surface area contributed by atoms with E-state index in [9.17, 15) is 8.42 Å². The molecular formula is C14H21N3O3S. The van der Waals surface area contributed by atoms with E-state index < -0.39 is 10.0 Å². The fourth-order valence-corrected chi connectivity index (χ4v) is 4.08. The molecule has 3 aliphatic heterocycles. The standard InChI is InChI=1S/C14H21N3O3S/c1-20-13-3-2-4-14(9-13)21(18,19)15-10-12-11-16-5-7-17(12)8-6-16/h2-4,9,12,15H,5-8,10-11H2,1H3. The number of nitrogens with one attached hydrogen (secondary N) is 1. The second-order valence-corrected chi connectivity index (χ2v) is 7.29. The van der Waals surface area contributed by atoms with Crippen LogP contribution in [0, 0.1) is 0 Å². The Morgan fingerprint density at radius 2 is 2.05 bits per heavy atom. The molecule has 116 valence electrons. The SMILES string of the molecule is COc1cccc(S(=O)(=O)NCC2CN3CCN2CC3)c1. The monoisotopic (exact) mass is 311 g/mol. The highest BCUT2D eigenvalue weighted by Crippen LogP contribution is 2.18. The molecule has 1 aromatic rings. The van der Waals surface area contributed by atoms with Crippen molar-refractivity contribution in [3.05, 3.63) is 24.3 Å². The van der Waals surface area contributed by atoms with Gasteiger partial charge in [-0.15, -0.1) is 0 Å². The summed E-state index contributed by atoms with van der Waals surface area (Å²) in [5.41, 5.74) is 0. The van der Waals surface area contributed by atoms with Crippen LogP contribution in [-0.4, -0.2) is 70.6 Å². The van der Waals surface area contributed by atoms with Gasteiger partial charge in [0.25, 0.3) is 0 Å². The summed E-state index contributed by atoms with van der Waals surface area (Å²) >= 11 is 0. The van der Waals surface area contributed by atoms with Gasteiger partial charge in [-0.3, -0.25) is 9.80 Å². The molecule has 0 aliphatic carbocycles. The fourth-order valence-electron chi connectivity index (χ4n) is 2.98. The lowest BCUT2D eigenvalue weighted by atomic mass is 10.1. The second kappa shape index (κ2) is 5.92. The topological polar surface area (TPSA) is 61.9 Å². The molecular weight excluding hydrogens is 290 g/mol. The van der Waals surface area contributed by atoms with Crippen LogP contribution >= 0.6 is 0 Å². The van der Waals surface area contributed by atoms with Gasteiger partial charge < -0.3 is 4.74 Å². The average Bonchev–Trinajstić information content (AvgIpc) is 2.54. The van der Waals surface area contributed by atoms with Crippen molar-refractivity contribution < 1.29 is 13.2 Å². The van der Waals surface area contributed by atoms with Crippen LogP contribution < -0.4 is 9.46 Å². The lowest BCUT2D eigenvalue weighted by Crippen LogP contribution is -2.63. The van der Waals surface area contributed by atoms with Gasteiger partial charge in [0.2, 0.25) is 10.0 Å². The number of sulfonamides is 1. The second-order valence-electron chi connectivity index (χ2n) is 5.52. The summed E-state index contributed by atoms with van der Waals surface area (Å²) in [6.07, 6.45) is 0. The van der Waals surface area contributed by atoms with E-state index >= 15 is 0 Å². The first-order valence-electron chi connectivity index (χ1n) is 7.18. The zero-order chi connectivity index (χ0) is 14.9. The average molecular weight is 311 g/mol. The number of methoxy groups -OCH3 is 1. The van der Waals surface area contributed by atoms with Gasteiger partial charge >= 0.3 is 0 Å². The Kier molecular flexibility index (Phi) is 4.17. The first-order valence-corrected chi connectivity index (χ1v) is 8.67. The van der Waals surface area contributed by atoms with Crippen molar-refractivity contribution in [2.45, 2.75) is 10.9 Å². The molecule has 0 amide bonds. The fraction of sp³-hybridized carbons (Fsp3) is 0.571. The molecule has 1 N–H and O–H groups in total. The summed E-state index contributed by atoms with van der Waals surface area (Å²) in [5.74, 6) is 0.546. The van der Waals surface area contributed by atoms with E-state index in [1.165, 1.54) is 7.11 Å². The van der Waals surface area contributed by atoms with E-state index in [4.69, 9.17) is 4.74 Å². The van der Waals surface area contributed by atoms with Crippen LogP contribution in [0.15, 0.2) is 29.2 Å². The minimum absolute atomic E-state index is 0.248. The van der Waals surface area contributed by atoms with Crippen molar-refractivity contribution in [1.82, 2.24) is 14.5 Å². The molecule has 0 saturated carbocycles. The number of benzene rings is 1. The van der Waals surface area contributed by atoms with E-state index in [-0.39, 0.29) is 10.9 Å². The van der Waals surface area contributed by atoms with Crippen LogP contribution in [-0.2, 0) is 10.0 Å². The maximum Gasteiger partial charge on any atom is 0.240 e. The van der Waals surface area contributed by atoms with Gasteiger partial charge in [-0.25, -0.2) is 13.1 Å². The summed E-state index contributed by atoms with van der Waals surface area (Å²) in [4.78, 5) is 5.01. The third kappa shape index (κ3) is 3.21. The maximum absolute atomic E-state index is 12.4. The number of fused-ring (bicyclic) bond motifs is 3. The zero-order valence-electron chi connectivity index (χ0n) is 12.2. The van der Waals surface area contributed by atoms with Crippen LogP contribution in [0.25, 0.3) is 0 Å². The smallest absolute Gasteiger partial charge is 0.240 e. The van der Waals surface area contributed by atoms with Gasteiger partial charge in [-0.2, -0.15) is 0 Å². The minimum atomic E-state index is -3.48. The van der Waals surface area contributed by atoms with E-state index in [1.54, 1.807) is 24.3 Å². The van der Waals surface area contributed by atoms with Crippen molar-refractivity contribution in [3.63, 3.8) is 0 Å². The molecule has 1 atom stereocenters. The Morgan fingerprint density at radius 3 is 2.67 bits per heavy atom. The minimum Gasteiger partial charge on any atom is -0.497 e. The highest BCUT2D eigenvalue weighted by Gasteiger charge is 2.32. The molecule has 0 aromatic heterocycles. The first-order chi connectivity index (χ1) is 10.1. The molecule has 3 fully saturated rings. The van der Waals surface area contributed by atoms with Crippen molar-refractivity contribution in [2.24, 2.45) is 0 Å². The Bertz CT molecular complexity index is 597. The number of nitrogens with zero attached hydrogens (tertiary/aromatic N) is 2. The molecule has 0 radical (unpaired) electrons. The van der Waals surface area contributed by atoms with Gasteiger partial charge in [0.05, 0.1) is 12.0 Å². The van der Waals surface area contributed by atoms with Crippen LogP contribution in [0.4, 0.5) is 0 Å². The molecule has 6 nitrogen and oxygen atoms in total. The molecule has 2 bridgehead atoms. The Hall–Kier alpha value is -1.15.